The molecule has 0 saturated heterocycles. The highest BCUT2D eigenvalue weighted by Crippen LogP contribution is 2.50. The average Bonchev–Trinajstić information content (AvgIpc) is 2.60. The van der Waals surface area contributed by atoms with Crippen molar-refractivity contribution in [2.75, 3.05) is 0 Å². The normalized spacial score (nSPS) is 47.6. The third kappa shape index (κ3) is 0.849. The van der Waals surface area contributed by atoms with Gasteiger partial charge >= 0.3 is 0 Å². The summed E-state index contributed by atoms with van der Waals surface area (Å²) in [6.45, 7) is 0. The van der Waals surface area contributed by atoms with Gasteiger partial charge in [-0.1, -0.05) is 0 Å². The third-order valence-electron chi connectivity index (χ3n) is 3.36. The lowest BCUT2D eigenvalue weighted by Gasteiger charge is -2.21. The number of fused-ring (bicyclic) bond motifs is 2. The monoisotopic (exact) mass is 152 g/mol. The van der Waals surface area contributed by atoms with Crippen molar-refractivity contribution in [1.82, 2.24) is 0 Å². The fourth-order valence-corrected chi connectivity index (χ4v) is 2.78. The second-order valence-corrected chi connectivity index (χ2v) is 3.76. The second kappa shape index (κ2) is 2.43. The van der Waals surface area contributed by atoms with Gasteiger partial charge in [-0.3, -0.25) is 0 Å². The molecule has 0 N–H and O–H groups in total. The SMILES string of the molecule is O=CC1C2CCC(C2)C1C=O. The van der Waals surface area contributed by atoms with Gasteiger partial charge in [0.2, 0.25) is 0 Å². The summed E-state index contributed by atoms with van der Waals surface area (Å²) in [5, 5.41) is 0. The Morgan fingerprint density at radius 2 is 1.36 bits per heavy atom. The predicted molar refractivity (Wildman–Crippen MR) is 39.9 cm³/mol. The molecule has 0 aromatic rings. The molecule has 2 bridgehead atoms. The standard InChI is InChI=1S/C9H12O2/c10-4-8-6-1-2-7(3-6)9(8)5-11/h4-9H,1-3H2. The molecule has 0 heterocycles. The zero-order chi connectivity index (χ0) is 7.84. The molecule has 2 rings (SSSR count). The summed E-state index contributed by atoms with van der Waals surface area (Å²) in [6.07, 6.45) is 5.43. The smallest absolute Gasteiger partial charge is 0.124 e. The fraction of sp³-hybridized carbons (Fsp3) is 0.778. The van der Waals surface area contributed by atoms with Crippen LogP contribution in [-0.4, -0.2) is 12.6 Å². The first kappa shape index (κ1) is 7.01. The Bertz CT molecular complexity index is 168. The minimum atomic E-state index is 0.0613. The van der Waals surface area contributed by atoms with Crippen LogP contribution in [0, 0.1) is 23.7 Å². The van der Waals surface area contributed by atoms with Crippen molar-refractivity contribution in [2.24, 2.45) is 23.7 Å². The van der Waals surface area contributed by atoms with E-state index in [1.807, 2.05) is 0 Å². The molecule has 2 fully saturated rings. The van der Waals surface area contributed by atoms with Gasteiger partial charge in [-0.05, 0) is 31.1 Å². The van der Waals surface area contributed by atoms with Crippen molar-refractivity contribution in [3.63, 3.8) is 0 Å². The maximum Gasteiger partial charge on any atom is 0.124 e. The lowest BCUT2D eigenvalue weighted by Crippen LogP contribution is -2.24. The van der Waals surface area contributed by atoms with Gasteiger partial charge in [0.1, 0.15) is 12.6 Å². The molecule has 0 amide bonds. The van der Waals surface area contributed by atoms with Crippen LogP contribution in [0.2, 0.25) is 0 Å². The van der Waals surface area contributed by atoms with Gasteiger partial charge in [-0.25, -0.2) is 0 Å². The van der Waals surface area contributed by atoms with Crippen molar-refractivity contribution >= 4 is 12.6 Å². The van der Waals surface area contributed by atoms with Gasteiger partial charge in [-0.2, -0.15) is 0 Å². The van der Waals surface area contributed by atoms with Crippen LogP contribution in [-0.2, 0) is 9.59 Å². The summed E-state index contributed by atoms with van der Waals surface area (Å²) in [4.78, 5) is 21.2. The zero-order valence-corrected chi connectivity index (χ0v) is 6.40. The molecule has 0 spiro atoms. The quantitative estimate of drug-likeness (QED) is 0.554. The molecule has 60 valence electrons. The van der Waals surface area contributed by atoms with E-state index in [0.29, 0.717) is 11.8 Å². The average molecular weight is 152 g/mol. The molecular weight excluding hydrogens is 140 g/mol. The minimum Gasteiger partial charge on any atom is -0.303 e. The maximum absolute atomic E-state index is 10.6. The van der Waals surface area contributed by atoms with Crippen molar-refractivity contribution < 1.29 is 9.59 Å². The minimum absolute atomic E-state index is 0.0613. The van der Waals surface area contributed by atoms with Gasteiger partial charge in [0.25, 0.3) is 0 Å². The van der Waals surface area contributed by atoms with Crippen molar-refractivity contribution in [3.8, 4) is 0 Å². The Morgan fingerprint density at radius 1 is 0.909 bits per heavy atom. The Labute approximate surface area is 66.0 Å². The van der Waals surface area contributed by atoms with Crippen LogP contribution >= 0.6 is 0 Å². The topological polar surface area (TPSA) is 34.1 Å². The van der Waals surface area contributed by atoms with Gasteiger partial charge in [0.15, 0.2) is 0 Å². The molecule has 0 aliphatic heterocycles. The summed E-state index contributed by atoms with van der Waals surface area (Å²) in [6, 6.07) is 0. The Hall–Kier alpha value is -0.660. The number of hydrogen-bond donors (Lipinski definition) is 0. The molecule has 2 heteroatoms. The summed E-state index contributed by atoms with van der Waals surface area (Å²) < 4.78 is 0. The molecule has 4 unspecified atom stereocenters. The number of aldehydes is 2. The molecular formula is C9H12O2. The number of hydrogen-bond acceptors (Lipinski definition) is 2. The highest BCUT2D eigenvalue weighted by atomic mass is 16.1. The van der Waals surface area contributed by atoms with Crippen LogP contribution in [0.1, 0.15) is 19.3 Å². The first-order chi connectivity index (χ1) is 5.36. The van der Waals surface area contributed by atoms with E-state index in [1.165, 1.54) is 12.8 Å². The van der Waals surface area contributed by atoms with Crippen LogP contribution in [0.3, 0.4) is 0 Å². The van der Waals surface area contributed by atoms with Crippen molar-refractivity contribution in [3.05, 3.63) is 0 Å². The Morgan fingerprint density at radius 3 is 1.73 bits per heavy atom. The first-order valence-electron chi connectivity index (χ1n) is 4.27. The molecule has 2 saturated carbocycles. The fourth-order valence-electron chi connectivity index (χ4n) is 2.78. The van der Waals surface area contributed by atoms with Crippen LogP contribution in [0.4, 0.5) is 0 Å². The van der Waals surface area contributed by atoms with Crippen molar-refractivity contribution in [1.29, 1.82) is 0 Å². The van der Waals surface area contributed by atoms with E-state index in [1.54, 1.807) is 0 Å². The number of carbonyl (C=O) groups is 2. The van der Waals surface area contributed by atoms with E-state index < -0.39 is 0 Å². The summed E-state index contributed by atoms with van der Waals surface area (Å²) in [7, 11) is 0. The lowest BCUT2D eigenvalue weighted by molar-refractivity contribution is -0.121. The zero-order valence-electron chi connectivity index (χ0n) is 6.40. The van der Waals surface area contributed by atoms with Crippen molar-refractivity contribution in [2.45, 2.75) is 19.3 Å². The largest absolute Gasteiger partial charge is 0.303 e. The molecule has 11 heavy (non-hydrogen) atoms. The van der Waals surface area contributed by atoms with E-state index in [2.05, 4.69) is 0 Å². The van der Waals surface area contributed by atoms with Gasteiger partial charge < -0.3 is 9.59 Å². The van der Waals surface area contributed by atoms with Gasteiger partial charge in [0, 0.05) is 11.8 Å². The van der Waals surface area contributed by atoms with E-state index >= 15 is 0 Å². The van der Waals surface area contributed by atoms with E-state index in [0.717, 1.165) is 19.0 Å². The number of carbonyl (C=O) groups excluding carboxylic acids is 2. The molecule has 4 atom stereocenters. The highest BCUT2D eigenvalue weighted by molar-refractivity contribution is 5.67. The molecule has 2 nitrogen and oxygen atoms in total. The first-order valence-corrected chi connectivity index (χ1v) is 4.27. The predicted octanol–water partition coefficient (Wildman–Crippen LogP) is 1.05. The van der Waals surface area contributed by atoms with E-state index in [4.69, 9.17) is 0 Å². The van der Waals surface area contributed by atoms with Gasteiger partial charge in [0.05, 0.1) is 0 Å². The second-order valence-electron chi connectivity index (χ2n) is 3.76. The summed E-state index contributed by atoms with van der Waals surface area (Å²) >= 11 is 0. The summed E-state index contributed by atoms with van der Waals surface area (Å²) in [5.41, 5.74) is 0. The van der Waals surface area contributed by atoms with Crippen LogP contribution in [0.25, 0.3) is 0 Å². The highest BCUT2D eigenvalue weighted by Gasteiger charge is 2.47. The van der Waals surface area contributed by atoms with Crippen LogP contribution < -0.4 is 0 Å². The third-order valence-corrected chi connectivity index (χ3v) is 3.36. The van der Waals surface area contributed by atoms with Crippen LogP contribution in [0.5, 0.6) is 0 Å². The van der Waals surface area contributed by atoms with E-state index in [-0.39, 0.29) is 11.8 Å². The summed E-state index contributed by atoms with van der Waals surface area (Å²) in [5.74, 6) is 1.19. The molecule has 0 aromatic heterocycles. The Kier molecular flexibility index (Phi) is 1.55. The molecule has 0 radical (unpaired) electrons. The molecule has 2 aliphatic rings. The van der Waals surface area contributed by atoms with E-state index in [9.17, 15) is 9.59 Å². The number of rotatable bonds is 2. The molecule has 0 aromatic carbocycles. The van der Waals surface area contributed by atoms with Crippen LogP contribution in [0.15, 0.2) is 0 Å². The Balaban J connectivity index is 2.19. The lowest BCUT2D eigenvalue weighted by atomic mass is 9.81. The molecule has 2 aliphatic carbocycles. The van der Waals surface area contributed by atoms with Gasteiger partial charge in [-0.15, -0.1) is 0 Å². The maximum atomic E-state index is 10.6.